The first-order valence-corrected chi connectivity index (χ1v) is 9.76. The van der Waals surface area contributed by atoms with Crippen molar-refractivity contribution in [2.45, 2.75) is 13.5 Å². The summed E-state index contributed by atoms with van der Waals surface area (Å²) in [7, 11) is 1.86. The van der Waals surface area contributed by atoms with Gasteiger partial charge in [0, 0.05) is 18.4 Å². The van der Waals surface area contributed by atoms with Gasteiger partial charge in [-0.1, -0.05) is 29.8 Å². The normalized spacial score (nSPS) is 10.8. The molecule has 0 atom stereocenters. The Hall–Kier alpha value is -4.47. The van der Waals surface area contributed by atoms with E-state index < -0.39 is 5.97 Å². The van der Waals surface area contributed by atoms with Crippen LogP contribution in [0.5, 0.6) is 0 Å². The predicted molar refractivity (Wildman–Crippen MR) is 121 cm³/mol. The number of nitrogens with two attached hydrogens (primary N) is 2. The Bertz CT molecular complexity index is 1290. The van der Waals surface area contributed by atoms with E-state index in [0.717, 1.165) is 16.9 Å². The van der Waals surface area contributed by atoms with Crippen LogP contribution in [0.1, 0.15) is 21.6 Å². The molecule has 0 radical (unpaired) electrons. The number of carboxylic acid groups (broad SMARTS) is 1. The molecule has 0 aliphatic heterocycles. The van der Waals surface area contributed by atoms with Crippen LogP contribution in [0.2, 0.25) is 0 Å². The van der Waals surface area contributed by atoms with Crippen molar-refractivity contribution in [1.82, 2.24) is 19.9 Å². The van der Waals surface area contributed by atoms with Crippen molar-refractivity contribution in [2.24, 2.45) is 0 Å². The lowest BCUT2D eigenvalue weighted by molar-refractivity contribution is -0.255. The lowest BCUT2D eigenvalue weighted by Crippen LogP contribution is -2.23. The molecule has 0 saturated carbocycles. The number of aromatic carboxylic acids is 1. The second kappa shape index (κ2) is 8.34. The van der Waals surface area contributed by atoms with E-state index in [4.69, 9.17) is 11.5 Å². The number of nitrogens with zero attached hydrogens (tertiary/aromatic N) is 5. The van der Waals surface area contributed by atoms with E-state index in [2.05, 4.69) is 25.3 Å². The van der Waals surface area contributed by atoms with Gasteiger partial charge in [-0.2, -0.15) is 9.97 Å². The number of rotatable bonds is 6. The zero-order chi connectivity index (χ0) is 22.8. The summed E-state index contributed by atoms with van der Waals surface area (Å²) in [6.07, 6.45) is 0. The molecular weight excluding hydrogens is 408 g/mol. The molecule has 5 N–H and O–H groups in total. The average molecular weight is 429 g/mol. The van der Waals surface area contributed by atoms with E-state index in [1.165, 1.54) is 12.1 Å². The van der Waals surface area contributed by atoms with E-state index in [0.29, 0.717) is 23.6 Å². The Balaban J connectivity index is 1.73. The Morgan fingerprint density at radius 2 is 1.69 bits per heavy atom. The van der Waals surface area contributed by atoms with E-state index in [1.54, 1.807) is 12.1 Å². The summed E-state index contributed by atoms with van der Waals surface area (Å²) in [6, 6.07) is 14.2. The fourth-order valence-electron chi connectivity index (χ4n) is 3.17. The van der Waals surface area contributed by atoms with E-state index in [-0.39, 0.29) is 23.0 Å². The Kier molecular flexibility index (Phi) is 5.42. The van der Waals surface area contributed by atoms with Crippen molar-refractivity contribution >= 4 is 46.1 Å². The molecule has 0 fully saturated rings. The first-order chi connectivity index (χ1) is 15.3. The third-order valence-corrected chi connectivity index (χ3v) is 4.89. The number of aromatic nitrogens is 4. The largest absolute Gasteiger partial charge is 0.545 e. The molecule has 10 heteroatoms. The molecule has 4 rings (SSSR count). The van der Waals surface area contributed by atoms with E-state index >= 15 is 0 Å². The van der Waals surface area contributed by atoms with Crippen LogP contribution < -0.4 is 26.8 Å². The van der Waals surface area contributed by atoms with Crippen LogP contribution >= 0.6 is 0 Å². The van der Waals surface area contributed by atoms with Crippen LogP contribution in [0.3, 0.4) is 0 Å². The molecule has 162 valence electrons. The number of fused-ring (bicyclic) bond motifs is 1. The average Bonchev–Trinajstić information content (AvgIpc) is 2.76. The van der Waals surface area contributed by atoms with Crippen molar-refractivity contribution in [2.75, 3.05) is 28.7 Å². The first kappa shape index (κ1) is 20.8. The minimum absolute atomic E-state index is 0.0171. The maximum atomic E-state index is 11.0. The molecule has 2 aromatic heterocycles. The highest BCUT2D eigenvalue weighted by Crippen LogP contribution is 2.25. The molecule has 32 heavy (non-hydrogen) atoms. The fraction of sp³-hybridized carbons (Fsp3) is 0.136. The molecule has 10 nitrogen and oxygen atoms in total. The van der Waals surface area contributed by atoms with E-state index in [9.17, 15) is 9.90 Å². The highest BCUT2D eigenvalue weighted by molar-refractivity contribution is 5.86. The molecule has 4 aromatic rings. The number of carbonyl (C=O) groups is 1. The number of nitrogen functional groups attached to an aromatic ring is 2. The highest BCUT2D eigenvalue weighted by atomic mass is 16.4. The van der Waals surface area contributed by atoms with Crippen molar-refractivity contribution in [3.8, 4) is 0 Å². The molecule has 0 saturated heterocycles. The van der Waals surface area contributed by atoms with Crippen LogP contribution in [-0.4, -0.2) is 33.0 Å². The summed E-state index contributed by atoms with van der Waals surface area (Å²) in [5.74, 6) is -0.566. The van der Waals surface area contributed by atoms with E-state index in [1.807, 2.05) is 43.1 Å². The van der Waals surface area contributed by atoms with Crippen molar-refractivity contribution in [3.63, 3.8) is 0 Å². The maximum Gasteiger partial charge on any atom is 0.224 e. The van der Waals surface area contributed by atoms with Gasteiger partial charge in [0.15, 0.2) is 22.8 Å². The summed E-state index contributed by atoms with van der Waals surface area (Å²) in [5.41, 5.74) is 15.8. The Labute approximate surface area is 184 Å². The Morgan fingerprint density at radius 1 is 1.00 bits per heavy atom. The smallest absolute Gasteiger partial charge is 0.224 e. The summed E-state index contributed by atoms with van der Waals surface area (Å²) >= 11 is 0. The standard InChI is InChI=1S/C22H22N8O2/c1-12-3-7-14(8-4-12)25-19-16(26-17-18(23)27-22(24)29-20(17)28-19)11-30(2)15-9-5-13(6-10-15)21(31)32/h3-10H,11H2,1-2H3,(H,31,32)(H5,23,24,25,27,28,29)/p-1. The van der Waals surface area contributed by atoms with Gasteiger partial charge in [0.1, 0.15) is 5.69 Å². The van der Waals surface area contributed by atoms with Gasteiger partial charge in [0.2, 0.25) is 5.95 Å². The van der Waals surface area contributed by atoms with Gasteiger partial charge in [-0.05, 0) is 36.8 Å². The fourth-order valence-corrected chi connectivity index (χ4v) is 3.17. The molecule has 0 bridgehead atoms. The number of carbonyl (C=O) groups excluding carboxylic acids is 1. The van der Waals surface area contributed by atoms with Crippen molar-refractivity contribution in [3.05, 3.63) is 65.4 Å². The summed E-state index contributed by atoms with van der Waals surface area (Å²) in [4.78, 5) is 30.3. The van der Waals surface area contributed by atoms with Gasteiger partial charge in [0.25, 0.3) is 0 Å². The van der Waals surface area contributed by atoms with Gasteiger partial charge in [-0.15, -0.1) is 0 Å². The second-order valence-electron chi connectivity index (χ2n) is 7.34. The highest BCUT2D eigenvalue weighted by Gasteiger charge is 2.16. The van der Waals surface area contributed by atoms with Gasteiger partial charge in [-0.3, -0.25) is 0 Å². The number of carboxylic acids is 1. The zero-order valence-corrected chi connectivity index (χ0v) is 17.5. The third-order valence-electron chi connectivity index (χ3n) is 4.89. The van der Waals surface area contributed by atoms with Crippen LogP contribution in [-0.2, 0) is 6.54 Å². The minimum Gasteiger partial charge on any atom is -0.545 e. The molecule has 0 spiro atoms. The number of aryl methyl sites for hydroxylation is 1. The lowest BCUT2D eigenvalue weighted by atomic mass is 10.2. The minimum atomic E-state index is -1.22. The topological polar surface area (TPSA) is 159 Å². The number of benzene rings is 2. The van der Waals surface area contributed by atoms with Crippen LogP contribution in [0.15, 0.2) is 48.5 Å². The number of nitrogens with one attached hydrogen (secondary N) is 1. The van der Waals surface area contributed by atoms with Gasteiger partial charge < -0.3 is 31.6 Å². The molecule has 0 unspecified atom stereocenters. The Morgan fingerprint density at radius 3 is 2.34 bits per heavy atom. The number of hydrogen-bond donors (Lipinski definition) is 3. The quantitative estimate of drug-likeness (QED) is 0.411. The second-order valence-corrected chi connectivity index (χ2v) is 7.34. The number of hydrogen-bond acceptors (Lipinski definition) is 10. The lowest BCUT2D eigenvalue weighted by Gasteiger charge is -2.21. The summed E-state index contributed by atoms with van der Waals surface area (Å²) in [6.45, 7) is 2.36. The molecule has 0 aliphatic rings. The first-order valence-electron chi connectivity index (χ1n) is 9.76. The van der Waals surface area contributed by atoms with Gasteiger partial charge >= 0.3 is 0 Å². The van der Waals surface area contributed by atoms with Crippen molar-refractivity contribution in [1.29, 1.82) is 0 Å². The zero-order valence-electron chi connectivity index (χ0n) is 17.5. The van der Waals surface area contributed by atoms with Gasteiger partial charge in [0.05, 0.1) is 12.5 Å². The maximum absolute atomic E-state index is 11.0. The summed E-state index contributed by atoms with van der Waals surface area (Å²) < 4.78 is 0. The van der Waals surface area contributed by atoms with Crippen LogP contribution in [0.25, 0.3) is 11.2 Å². The van der Waals surface area contributed by atoms with Crippen LogP contribution in [0, 0.1) is 6.92 Å². The molecular formula is C22H21N8O2-. The predicted octanol–water partition coefficient (Wildman–Crippen LogP) is 1.64. The monoisotopic (exact) mass is 429 g/mol. The molecule has 2 aromatic carbocycles. The van der Waals surface area contributed by atoms with Crippen LogP contribution in [0.4, 0.5) is 29.0 Å². The molecule has 0 aliphatic carbocycles. The summed E-state index contributed by atoms with van der Waals surface area (Å²) in [5, 5.41) is 14.3. The SMILES string of the molecule is Cc1ccc(Nc2nc3nc(N)nc(N)c3nc2CN(C)c2ccc(C(=O)[O-])cc2)cc1. The number of anilines is 5. The third kappa shape index (κ3) is 4.33. The molecule has 2 heterocycles. The van der Waals surface area contributed by atoms with Gasteiger partial charge in [-0.25, -0.2) is 9.97 Å². The van der Waals surface area contributed by atoms with Crippen molar-refractivity contribution < 1.29 is 9.90 Å². The molecule has 0 amide bonds.